The fourth-order valence-electron chi connectivity index (χ4n) is 2.67. The molecule has 0 aliphatic carbocycles. The maximum atomic E-state index is 14.2. The first-order valence-electron chi connectivity index (χ1n) is 8.18. The van der Waals surface area contributed by atoms with Crippen LogP contribution in [0.15, 0.2) is 36.4 Å². The van der Waals surface area contributed by atoms with E-state index in [2.05, 4.69) is 0 Å². The van der Waals surface area contributed by atoms with Crippen LogP contribution < -0.4 is 0 Å². The molecule has 0 aliphatic heterocycles. The number of allylic oxidation sites excluding steroid dienone is 1. The lowest BCUT2D eigenvalue weighted by Crippen LogP contribution is -2.41. The van der Waals surface area contributed by atoms with Crippen molar-refractivity contribution in [2.24, 2.45) is 0 Å². The van der Waals surface area contributed by atoms with Crippen molar-refractivity contribution in [3.63, 3.8) is 0 Å². The van der Waals surface area contributed by atoms with Gasteiger partial charge >= 0.3 is 24.2 Å². The molecule has 2 nitrogen and oxygen atoms in total. The van der Waals surface area contributed by atoms with Gasteiger partial charge in [-0.1, -0.05) is 53.0 Å². The molecule has 1 unspecified atom stereocenters. The normalized spacial score (nSPS) is 14.1. The minimum Gasteiger partial charge on any atom is -0.478 e. The van der Waals surface area contributed by atoms with Crippen LogP contribution in [0.1, 0.15) is 33.0 Å². The highest BCUT2D eigenvalue weighted by atomic mass is 35.5. The van der Waals surface area contributed by atoms with Crippen LogP contribution in [0, 0.1) is 0 Å². The van der Waals surface area contributed by atoms with Crippen LogP contribution in [0.5, 0.6) is 0 Å². The maximum Gasteiger partial charge on any atom is 0.454 e. The molecule has 0 radical (unpaired) electrons. The van der Waals surface area contributed by atoms with Gasteiger partial charge in [0.2, 0.25) is 0 Å². The summed E-state index contributed by atoms with van der Waals surface area (Å²) >= 11 is 17.1. The summed E-state index contributed by atoms with van der Waals surface area (Å²) in [5.74, 6) is -10.0. The number of halogens is 11. The van der Waals surface area contributed by atoms with E-state index in [0.29, 0.717) is 24.3 Å². The van der Waals surface area contributed by atoms with Crippen molar-refractivity contribution in [2.45, 2.75) is 24.2 Å². The number of benzene rings is 2. The minimum absolute atomic E-state index is 0.297. The molecular formula is C19H9Cl3F8O2. The lowest BCUT2D eigenvalue weighted by Gasteiger charge is -2.27. The zero-order valence-electron chi connectivity index (χ0n) is 15.1. The summed E-state index contributed by atoms with van der Waals surface area (Å²) < 4.78 is 107. The van der Waals surface area contributed by atoms with Crippen molar-refractivity contribution < 1.29 is 45.0 Å². The van der Waals surface area contributed by atoms with E-state index >= 15 is 0 Å². The van der Waals surface area contributed by atoms with Crippen LogP contribution in [0.3, 0.4) is 0 Å². The molecule has 0 amide bonds. The largest absolute Gasteiger partial charge is 0.478 e. The van der Waals surface area contributed by atoms with E-state index < -0.39 is 62.5 Å². The Balaban J connectivity index is 2.64. The van der Waals surface area contributed by atoms with Crippen LogP contribution in [0.25, 0.3) is 6.08 Å². The zero-order chi connectivity index (χ0) is 24.6. The van der Waals surface area contributed by atoms with E-state index in [4.69, 9.17) is 39.9 Å². The molecule has 0 saturated heterocycles. The fraction of sp³-hybridized carbons (Fsp3) is 0.211. The predicted molar refractivity (Wildman–Crippen MR) is 103 cm³/mol. The Morgan fingerprint density at radius 2 is 1.44 bits per heavy atom. The number of alkyl halides is 8. The molecule has 13 heteroatoms. The van der Waals surface area contributed by atoms with E-state index in [0.717, 1.165) is 18.2 Å². The van der Waals surface area contributed by atoms with Crippen molar-refractivity contribution in [2.75, 3.05) is 0 Å². The molecule has 0 heterocycles. The summed E-state index contributed by atoms with van der Waals surface area (Å²) in [6.07, 6.45) is -10.3. The van der Waals surface area contributed by atoms with Crippen LogP contribution in [0.2, 0.25) is 15.1 Å². The van der Waals surface area contributed by atoms with Crippen molar-refractivity contribution in [3.05, 3.63) is 73.7 Å². The summed E-state index contributed by atoms with van der Waals surface area (Å²) in [6.45, 7) is 0. The molecule has 1 N–H and O–H groups in total. The molecule has 0 fully saturated rings. The minimum atomic E-state index is -6.04. The fourth-order valence-corrected chi connectivity index (χ4v) is 3.28. The first-order chi connectivity index (χ1) is 14.5. The third-order valence-electron chi connectivity index (χ3n) is 4.19. The average Bonchev–Trinajstić information content (AvgIpc) is 2.64. The standard InChI is InChI=1S/C19H9Cl3F8O2/c20-13-6-9(7-14(21)15(13)22)11(17(23,24)19(28,29)30)4-2-8-1-3-10(16(31)32)12(5-8)18(25,26)27/h1-7,11H,(H,31,32). The maximum absolute atomic E-state index is 14.2. The van der Waals surface area contributed by atoms with Crippen molar-refractivity contribution >= 4 is 46.8 Å². The van der Waals surface area contributed by atoms with Gasteiger partial charge in [0, 0.05) is 0 Å². The molecule has 0 aromatic heterocycles. The van der Waals surface area contributed by atoms with E-state index in [9.17, 15) is 39.9 Å². The second kappa shape index (κ2) is 9.07. The van der Waals surface area contributed by atoms with Crippen molar-refractivity contribution in [3.8, 4) is 0 Å². The van der Waals surface area contributed by atoms with Gasteiger partial charge in [-0.3, -0.25) is 0 Å². The SMILES string of the molecule is O=C(O)c1ccc(C=CC(c2cc(Cl)c(Cl)c(Cl)c2)C(F)(F)C(F)(F)F)cc1C(F)(F)F. The van der Waals surface area contributed by atoms with Gasteiger partial charge in [0.1, 0.15) is 0 Å². The molecule has 32 heavy (non-hydrogen) atoms. The highest BCUT2D eigenvalue weighted by molar-refractivity contribution is 6.48. The number of carbonyl (C=O) groups is 1. The quantitative estimate of drug-likeness (QED) is 0.313. The second-order valence-corrected chi connectivity index (χ2v) is 7.56. The summed E-state index contributed by atoms with van der Waals surface area (Å²) in [7, 11) is 0. The third kappa shape index (κ3) is 5.47. The van der Waals surface area contributed by atoms with Crippen LogP contribution in [-0.4, -0.2) is 23.2 Å². The van der Waals surface area contributed by atoms with E-state index in [-0.39, 0.29) is 5.02 Å². The Labute approximate surface area is 190 Å². The van der Waals surface area contributed by atoms with E-state index in [1.807, 2.05) is 0 Å². The Kier molecular flexibility index (Phi) is 7.43. The van der Waals surface area contributed by atoms with Gasteiger partial charge in [0.25, 0.3) is 0 Å². The summed E-state index contributed by atoms with van der Waals surface area (Å²) in [5.41, 5.74) is -3.91. The topological polar surface area (TPSA) is 37.3 Å². The van der Waals surface area contributed by atoms with Crippen LogP contribution in [-0.2, 0) is 6.18 Å². The highest BCUT2D eigenvalue weighted by Gasteiger charge is 2.62. The molecule has 1 atom stereocenters. The third-order valence-corrected chi connectivity index (χ3v) is 5.39. The van der Waals surface area contributed by atoms with Crippen molar-refractivity contribution in [1.29, 1.82) is 0 Å². The Morgan fingerprint density at radius 1 is 0.906 bits per heavy atom. The number of rotatable bonds is 5. The van der Waals surface area contributed by atoms with E-state index in [1.54, 1.807) is 0 Å². The molecule has 2 aromatic carbocycles. The van der Waals surface area contributed by atoms with Gasteiger partial charge in [-0.05, 0) is 35.4 Å². The summed E-state index contributed by atoms with van der Waals surface area (Å²) in [4.78, 5) is 11.0. The first kappa shape index (κ1) is 26.2. The second-order valence-electron chi connectivity index (χ2n) is 6.36. The molecule has 0 saturated carbocycles. The van der Waals surface area contributed by atoms with Crippen LogP contribution >= 0.6 is 34.8 Å². The molecular weight excluding hydrogens is 519 g/mol. The van der Waals surface area contributed by atoms with Gasteiger partial charge in [-0.15, -0.1) is 0 Å². The van der Waals surface area contributed by atoms with Gasteiger partial charge in [0.05, 0.1) is 32.1 Å². The number of carboxylic acid groups (broad SMARTS) is 1. The molecule has 2 aromatic rings. The Morgan fingerprint density at radius 3 is 1.88 bits per heavy atom. The monoisotopic (exact) mass is 526 g/mol. The molecule has 0 spiro atoms. The van der Waals surface area contributed by atoms with Crippen molar-refractivity contribution in [1.82, 2.24) is 0 Å². The average molecular weight is 528 g/mol. The van der Waals surface area contributed by atoms with Gasteiger partial charge < -0.3 is 5.11 Å². The number of hydrogen-bond acceptors (Lipinski definition) is 1. The van der Waals surface area contributed by atoms with Gasteiger partial charge in [-0.2, -0.15) is 35.1 Å². The zero-order valence-corrected chi connectivity index (χ0v) is 17.4. The lowest BCUT2D eigenvalue weighted by atomic mass is 9.90. The van der Waals surface area contributed by atoms with Crippen LogP contribution in [0.4, 0.5) is 35.1 Å². The molecule has 174 valence electrons. The van der Waals surface area contributed by atoms with Gasteiger partial charge in [0.15, 0.2) is 0 Å². The number of carboxylic acids is 1. The smallest absolute Gasteiger partial charge is 0.454 e. The molecule has 2 rings (SSSR count). The molecule has 0 aliphatic rings. The summed E-state index contributed by atoms with van der Waals surface area (Å²) in [5, 5.41) is 7.74. The Hall–Kier alpha value is -2.04. The number of aromatic carboxylic acids is 1. The molecule has 0 bridgehead atoms. The predicted octanol–water partition coefficient (Wildman–Crippen LogP) is 8.36. The van der Waals surface area contributed by atoms with E-state index in [1.165, 1.54) is 0 Å². The summed E-state index contributed by atoms with van der Waals surface area (Å²) in [6, 6.07) is 3.13. The lowest BCUT2D eigenvalue weighted by molar-refractivity contribution is -0.286. The first-order valence-corrected chi connectivity index (χ1v) is 9.32. The highest BCUT2D eigenvalue weighted by Crippen LogP contribution is 2.48. The number of hydrogen-bond donors (Lipinski definition) is 1. The van der Waals surface area contributed by atoms with Gasteiger partial charge in [-0.25, -0.2) is 4.79 Å². The Bertz CT molecular complexity index is 1040.